The molecule has 0 heterocycles. The maximum atomic E-state index is 9.18. The molecule has 0 fully saturated rings. The summed E-state index contributed by atoms with van der Waals surface area (Å²) in [5.41, 5.74) is 7.81. The molecule has 2 rings (SSSR count). The number of benzene rings is 1. The second-order valence-electron chi connectivity index (χ2n) is 5.57. The Morgan fingerprint density at radius 2 is 1.50 bits per heavy atom. The molecule has 4 nitrogen and oxygen atoms in total. The van der Waals surface area contributed by atoms with Crippen molar-refractivity contribution in [1.82, 2.24) is 0 Å². The van der Waals surface area contributed by atoms with Gasteiger partial charge in [-0.15, -0.1) is 0 Å². The van der Waals surface area contributed by atoms with Crippen molar-refractivity contribution in [3.63, 3.8) is 0 Å². The summed E-state index contributed by atoms with van der Waals surface area (Å²) in [5, 5.41) is 23.2. The zero-order chi connectivity index (χ0) is 15.3. The lowest BCUT2D eigenvalue weighted by Crippen LogP contribution is -2.11. The maximum Gasteiger partial charge on any atom is 0.138 e. The fourth-order valence-electron chi connectivity index (χ4n) is 1.50. The van der Waals surface area contributed by atoms with E-state index in [9.17, 15) is 5.11 Å². The molecule has 0 aromatic heterocycles. The smallest absolute Gasteiger partial charge is 0.138 e. The first kappa shape index (κ1) is 15.7. The van der Waals surface area contributed by atoms with Gasteiger partial charge in [0, 0.05) is 0 Å². The molecule has 4 heteroatoms. The van der Waals surface area contributed by atoms with Crippen LogP contribution in [0.3, 0.4) is 0 Å². The van der Waals surface area contributed by atoms with E-state index in [0.717, 1.165) is 5.56 Å². The first-order valence-electron chi connectivity index (χ1n) is 6.33. The van der Waals surface area contributed by atoms with Crippen molar-refractivity contribution in [1.29, 1.82) is 10.8 Å². The highest BCUT2D eigenvalue weighted by atomic mass is 16.3. The third kappa shape index (κ3) is 4.39. The van der Waals surface area contributed by atoms with E-state index in [4.69, 9.17) is 16.6 Å². The van der Waals surface area contributed by atoms with Crippen LogP contribution in [-0.2, 0) is 5.41 Å². The molecule has 0 amide bonds. The zero-order valence-corrected chi connectivity index (χ0v) is 12.1. The summed E-state index contributed by atoms with van der Waals surface area (Å²) < 4.78 is 0. The van der Waals surface area contributed by atoms with Crippen molar-refractivity contribution in [2.24, 2.45) is 0 Å². The van der Waals surface area contributed by atoms with E-state index in [1.54, 1.807) is 30.4 Å². The SMILES string of the molecule is CC(C)(C)c1ccc(O)c(N)c1.N=C1C=CC=CC1=N. The molecule has 0 bridgehead atoms. The minimum absolute atomic E-state index is 0.0851. The lowest BCUT2D eigenvalue weighted by Gasteiger charge is -2.19. The average Bonchev–Trinajstić information content (AvgIpc) is 2.36. The molecular formula is C16H21N3O. The summed E-state index contributed by atoms with van der Waals surface area (Å²) in [7, 11) is 0. The Hall–Kier alpha value is -2.36. The number of anilines is 1. The monoisotopic (exact) mass is 271 g/mol. The Labute approximate surface area is 119 Å². The summed E-state index contributed by atoms with van der Waals surface area (Å²) in [6.45, 7) is 6.33. The fraction of sp³-hybridized carbons (Fsp3) is 0.250. The molecule has 0 radical (unpaired) electrons. The Kier molecular flexibility index (Phi) is 4.86. The van der Waals surface area contributed by atoms with E-state index in [2.05, 4.69) is 20.8 Å². The molecule has 106 valence electrons. The summed E-state index contributed by atoms with van der Waals surface area (Å²) in [6.07, 6.45) is 6.70. The van der Waals surface area contributed by atoms with Crippen molar-refractivity contribution in [2.75, 3.05) is 5.73 Å². The van der Waals surface area contributed by atoms with Crippen LogP contribution in [-0.4, -0.2) is 16.5 Å². The molecule has 5 N–H and O–H groups in total. The molecule has 0 saturated heterocycles. The van der Waals surface area contributed by atoms with E-state index in [1.165, 1.54) is 0 Å². The summed E-state index contributed by atoms with van der Waals surface area (Å²) in [4.78, 5) is 0. The van der Waals surface area contributed by atoms with Crippen LogP contribution in [0.2, 0.25) is 0 Å². The Bertz CT molecular complexity index is 556. The fourth-order valence-corrected chi connectivity index (χ4v) is 1.50. The molecule has 1 aliphatic rings. The van der Waals surface area contributed by atoms with Crippen LogP contribution in [0.25, 0.3) is 0 Å². The number of hydrogen-bond acceptors (Lipinski definition) is 4. The van der Waals surface area contributed by atoms with E-state index in [0.29, 0.717) is 5.69 Å². The molecule has 20 heavy (non-hydrogen) atoms. The van der Waals surface area contributed by atoms with Crippen LogP contribution in [0.1, 0.15) is 26.3 Å². The first-order valence-corrected chi connectivity index (χ1v) is 6.33. The number of aromatic hydroxyl groups is 1. The number of rotatable bonds is 0. The molecule has 0 atom stereocenters. The van der Waals surface area contributed by atoms with Gasteiger partial charge in [0.15, 0.2) is 0 Å². The molecule has 0 spiro atoms. The second kappa shape index (κ2) is 6.19. The second-order valence-corrected chi connectivity index (χ2v) is 5.57. The van der Waals surface area contributed by atoms with Crippen molar-refractivity contribution >= 4 is 17.1 Å². The van der Waals surface area contributed by atoms with Crippen LogP contribution in [0.5, 0.6) is 5.75 Å². The van der Waals surface area contributed by atoms with Crippen molar-refractivity contribution < 1.29 is 5.11 Å². The highest BCUT2D eigenvalue weighted by molar-refractivity contribution is 6.48. The molecule has 1 aromatic rings. The third-order valence-corrected chi connectivity index (χ3v) is 2.82. The molecular weight excluding hydrogens is 250 g/mol. The largest absolute Gasteiger partial charge is 0.506 e. The van der Waals surface area contributed by atoms with Crippen LogP contribution in [0.15, 0.2) is 42.5 Å². The van der Waals surface area contributed by atoms with Crippen molar-refractivity contribution in [3.8, 4) is 5.75 Å². The Morgan fingerprint density at radius 3 is 1.85 bits per heavy atom. The van der Waals surface area contributed by atoms with Gasteiger partial charge in [-0.05, 0) is 35.3 Å². The number of nitrogens with one attached hydrogen (secondary N) is 2. The van der Waals surface area contributed by atoms with Gasteiger partial charge in [-0.2, -0.15) is 0 Å². The number of allylic oxidation sites excluding steroid dienone is 4. The first-order chi connectivity index (χ1) is 9.21. The highest BCUT2D eigenvalue weighted by Crippen LogP contribution is 2.28. The summed E-state index contributed by atoms with van der Waals surface area (Å²) >= 11 is 0. The number of phenolic OH excluding ortho intramolecular Hbond substituents is 1. The van der Waals surface area contributed by atoms with Gasteiger partial charge in [0.25, 0.3) is 0 Å². The van der Waals surface area contributed by atoms with Crippen LogP contribution in [0, 0.1) is 10.8 Å². The minimum Gasteiger partial charge on any atom is -0.506 e. The highest BCUT2D eigenvalue weighted by Gasteiger charge is 2.14. The van der Waals surface area contributed by atoms with Gasteiger partial charge < -0.3 is 10.8 Å². The normalized spacial score (nSPS) is 13.9. The van der Waals surface area contributed by atoms with Gasteiger partial charge in [-0.3, -0.25) is 10.8 Å². The standard InChI is InChI=1S/C10H15NO.C6H6N2/c1-10(2,3)7-4-5-9(12)8(11)6-7;7-5-3-1-2-4-6(5)8/h4-6,12H,11H2,1-3H3;1-4,7-8H. The number of nitrogens with two attached hydrogens (primary N) is 1. The van der Waals surface area contributed by atoms with Crippen LogP contribution >= 0.6 is 0 Å². The van der Waals surface area contributed by atoms with Gasteiger partial charge in [0.1, 0.15) is 5.75 Å². The lowest BCUT2D eigenvalue weighted by atomic mass is 9.87. The van der Waals surface area contributed by atoms with Gasteiger partial charge in [0.05, 0.1) is 17.1 Å². The predicted octanol–water partition coefficient (Wildman–Crippen LogP) is 3.42. The number of hydrogen-bond donors (Lipinski definition) is 4. The average molecular weight is 271 g/mol. The van der Waals surface area contributed by atoms with Gasteiger partial charge in [0.2, 0.25) is 0 Å². The van der Waals surface area contributed by atoms with E-state index < -0.39 is 0 Å². The maximum absolute atomic E-state index is 9.18. The van der Waals surface area contributed by atoms with Gasteiger partial charge in [-0.25, -0.2) is 0 Å². The topological polar surface area (TPSA) is 93.9 Å². The Morgan fingerprint density at radius 1 is 1.00 bits per heavy atom. The summed E-state index contributed by atoms with van der Waals surface area (Å²) in [5.74, 6) is 0.156. The summed E-state index contributed by atoms with van der Waals surface area (Å²) in [6, 6.07) is 5.34. The van der Waals surface area contributed by atoms with Gasteiger partial charge >= 0.3 is 0 Å². The predicted molar refractivity (Wildman–Crippen MR) is 85.0 cm³/mol. The zero-order valence-electron chi connectivity index (χ0n) is 12.1. The van der Waals surface area contributed by atoms with Crippen molar-refractivity contribution in [3.05, 3.63) is 48.1 Å². The van der Waals surface area contributed by atoms with Crippen molar-refractivity contribution in [2.45, 2.75) is 26.2 Å². The Balaban J connectivity index is 0.000000217. The molecule has 1 aromatic carbocycles. The molecule has 0 saturated carbocycles. The van der Waals surface area contributed by atoms with Gasteiger partial charge in [-0.1, -0.05) is 39.0 Å². The lowest BCUT2D eigenvalue weighted by molar-refractivity contribution is 0.477. The van der Waals surface area contributed by atoms with E-state index in [-0.39, 0.29) is 22.6 Å². The molecule has 1 aliphatic carbocycles. The molecule has 0 aliphatic heterocycles. The third-order valence-electron chi connectivity index (χ3n) is 2.82. The van der Waals surface area contributed by atoms with Crippen LogP contribution < -0.4 is 5.73 Å². The number of phenols is 1. The quantitative estimate of drug-likeness (QED) is 0.330. The van der Waals surface area contributed by atoms with E-state index >= 15 is 0 Å². The minimum atomic E-state index is 0.0851. The van der Waals surface area contributed by atoms with Crippen LogP contribution in [0.4, 0.5) is 5.69 Å². The number of nitrogen functional groups attached to an aromatic ring is 1. The van der Waals surface area contributed by atoms with E-state index in [1.807, 2.05) is 12.1 Å². The molecule has 0 unspecified atom stereocenters.